The quantitative estimate of drug-likeness (QED) is 0.842. The van der Waals surface area contributed by atoms with Crippen LogP contribution in [0.2, 0.25) is 0 Å². The average molecular weight is 242 g/mol. The third-order valence-electron chi connectivity index (χ3n) is 2.73. The number of benzene rings is 2. The lowest BCUT2D eigenvalue weighted by Gasteiger charge is -2.08. The van der Waals surface area contributed by atoms with E-state index in [1.807, 2.05) is 13.0 Å². The van der Waals surface area contributed by atoms with Crippen LogP contribution < -0.4 is 4.74 Å². The fourth-order valence-electron chi connectivity index (χ4n) is 1.77. The Bertz CT molecular complexity index is 571. The zero-order valence-corrected chi connectivity index (χ0v) is 10.3. The summed E-state index contributed by atoms with van der Waals surface area (Å²) in [6.45, 7) is 1.92. The molecule has 0 fully saturated rings. The SMILES string of the molecule is COc1ccc(C)cc1C(=O)c1ccc(O)cc1. The van der Waals surface area contributed by atoms with E-state index >= 15 is 0 Å². The van der Waals surface area contributed by atoms with E-state index in [2.05, 4.69) is 0 Å². The molecule has 0 aliphatic rings. The lowest BCUT2D eigenvalue weighted by Crippen LogP contribution is -2.04. The monoisotopic (exact) mass is 242 g/mol. The third kappa shape index (κ3) is 2.35. The Labute approximate surface area is 106 Å². The molecule has 0 bridgehead atoms. The van der Waals surface area contributed by atoms with E-state index < -0.39 is 0 Å². The van der Waals surface area contributed by atoms with Crippen molar-refractivity contribution >= 4 is 5.78 Å². The molecule has 2 aromatic carbocycles. The standard InChI is InChI=1S/C15H14O3/c1-10-3-8-14(18-2)13(9-10)15(17)11-4-6-12(16)7-5-11/h3-9,16H,1-2H3. The van der Waals surface area contributed by atoms with Gasteiger partial charge in [0.25, 0.3) is 0 Å². The molecule has 0 spiro atoms. The summed E-state index contributed by atoms with van der Waals surface area (Å²) in [4.78, 5) is 12.3. The van der Waals surface area contributed by atoms with Gasteiger partial charge in [0, 0.05) is 5.56 Å². The van der Waals surface area contributed by atoms with Gasteiger partial charge in [-0.05, 0) is 43.3 Å². The maximum Gasteiger partial charge on any atom is 0.196 e. The number of methoxy groups -OCH3 is 1. The first-order valence-electron chi connectivity index (χ1n) is 5.60. The Kier molecular flexibility index (Phi) is 3.33. The number of aromatic hydroxyl groups is 1. The molecule has 2 aromatic rings. The van der Waals surface area contributed by atoms with Gasteiger partial charge < -0.3 is 9.84 Å². The molecule has 1 N–H and O–H groups in total. The molecule has 0 aliphatic heterocycles. The largest absolute Gasteiger partial charge is 0.508 e. The van der Waals surface area contributed by atoms with Crippen molar-refractivity contribution in [1.29, 1.82) is 0 Å². The fourth-order valence-corrected chi connectivity index (χ4v) is 1.77. The highest BCUT2D eigenvalue weighted by molar-refractivity contribution is 6.10. The number of phenols is 1. The summed E-state index contributed by atoms with van der Waals surface area (Å²) in [6.07, 6.45) is 0. The lowest BCUT2D eigenvalue weighted by atomic mass is 10.0. The van der Waals surface area contributed by atoms with Crippen LogP contribution in [0.15, 0.2) is 42.5 Å². The summed E-state index contributed by atoms with van der Waals surface area (Å²) in [6, 6.07) is 11.7. The van der Waals surface area contributed by atoms with E-state index in [1.54, 1.807) is 24.3 Å². The van der Waals surface area contributed by atoms with Crippen LogP contribution in [0, 0.1) is 6.92 Å². The van der Waals surface area contributed by atoms with Crippen molar-refractivity contribution in [1.82, 2.24) is 0 Å². The first-order valence-corrected chi connectivity index (χ1v) is 5.60. The summed E-state index contributed by atoms with van der Waals surface area (Å²) >= 11 is 0. The third-order valence-corrected chi connectivity index (χ3v) is 2.73. The Balaban J connectivity index is 2.45. The number of aryl methyl sites for hydroxylation is 1. The topological polar surface area (TPSA) is 46.5 Å². The summed E-state index contributed by atoms with van der Waals surface area (Å²) in [5.74, 6) is 0.581. The number of carbonyl (C=O) groups excluding carboxylic acids is 1. The molecule has 0 amide bonds. The Morgan fingerprint density at radius 2 is 1.78 bits per heavy atom. The second-order valence-electron chi connectivity index (χ2n) is 4.08. The molecular formula is C15H14O3. The molecule has 3 nitrogen and oxygen atoms in total. The number of hydrogen-bond acceptors (Lipinski definition) is 3. The van der Waals surface area contributed by atoms with Crippen molar-refractivity contribution in [3.8, 4) is 11.5 Å². The maximum absolute atomic E-state index is 12.3. The van der Waals surface area contributed by atoms with Crippen LogP contribution in [0.5, 0.6) is 11.5 Å². The molecule has 0 unspecified atom stereocenters. The molecule has 3 heteroatoms. The second kappa shape index (κ2) is 4.92. The summed E-state index contributed by atoms with van der Waals surface area (Å²) < 4.78 is 5.20. The first kappa shape index (κ1) is 12.2. The van der Waals surface area contributed by atoms with E-state index in [9.17, 15) is 9.90 Å². The zero-order chi connectivity index (χ0) is 13.1. The van der Waals surface area contributed by atoms with Crippen molar-refractivity contribution < 1.29 is 14.6 Å². The minimum absolute atomic E-state index is 0.115. The van der Waals surface area contributed by atoms with Crippen LogP contribution in [0.25, 0.3) is 0 Å². The molecule has 0 aliphatic carbocycles. The molecule has 18 heavy (non-hydrogen) atoms. The molecule has 0 saturated carbocycles. The summed E-state index contributed by atoms with van der Waals surface area (Å²) in [7, 11) is 1.54. The highest BCUT2D eigenvalue weighted by Crippen LogP contribution is 2.23. The summed E-state index contributed by atoms with van der Waals surface area (Å²) in [5.41, 5.74) is 2.05. The van der Waals surface area contributed by atoms with Gasteiger partial charge in [-0.1, -0.05) is 11.6 Å². The van der Waals surface area contributed by atoms with Gasteiger partial charge in [0.1, 0.15) is 11.5 Å². The normalized spacial score (nSPS) is 10.1. The van der Waals surface area contributed by atoms with E-state index in [0.717, 1.165) is 5.56 Å². The van der Waals surface area contributed by atoms with Crippen molar-refractivity contribution in [3.63, 3.8) is 0 Å². The van der Waals surface area contributed by atoms with Gasteiger partial charge in [0.05, 0.1) is 12.7 Å². The number of hydrogen-bond donors (Lipinski definition) is 1. The van der Waals surface area contributed by atoms with E-state index in [0.29, 0.717) is 16.9 Å². The number of ether oxygens (including phenoxy) is 1. The highest BCUT2D eigenvalue weighted by atomic mass is 16.5. The molecule has 0 saturated heterocycles. The first-order chi connectivity index (χ1) is 8.61. The molecule has 0 aromatic heterocycles. The number of ketones is 1. The zero-order valence-electron chi connectivity index (χ0n) is 10.3. The number of phenolic OH excluding ortho intramolecular Hbond substituents is 1. The molecule has 0 radical (unpaired) electrons. The highest BCUT2D eigenvalue weighted by Gasteiger charge is 2.14. The van der Waals surface area contributed by atoms with Gasteiger partial charge in [-0.2, -0.15) is 0 Å². The lowest BCUT2D eigenvalue weighted by molar-refractivity contribution is 0.103. The van der Waals surface area contributed by atoms with Crippen LogP contribution in [-0.2, 0) is 0 Å². The molecule has 2 rings (SSSR count). The van der Waals surface area contributed by atoms with Crippen LogP contribution in [0.1, 0.15) is 21.5 Å². The van der Waals surface area contributed by atoms with Gasteiger partial charge in [-0.15, -0.1) is 0 Å². The predicted octanol–water partition coefficient (Wildman–Crippen LogP) is 2.94. The van der Waals surface area contributed by atoms with Crippen LogP contribution in [-0.4, -0.2) is 18.0 Å². The molecule has 0 atom stereocenters. The van der Waals surface area contributed by atoms with Gasteiger partial charge in [0.2, 0.25) is 0 Å². The average Bonchev–Trinajstić information content (AvgIpc) is 2.39. The van der Waals surface area contributed by atoms with Crippen molar-refractivity contribution in [2.24, 2.45) is 0 Å². The van der Waals surface area contributed by atoms with E-state index in [1.165, 1.54) is 19.2 Å². The minimum Gasteiger partial charge on any atom is -0.508 e. The Hall–Kier alpha value is -2.29. The fraction of sp³-hybridized carbons (Fsp3) is 0.133. The van der Waals surface area contributed by atoms with E-state index in [-0.39, 0.29) is 11.5 Å². The van der Waals surface area contributed by atoms with Crippen molar-refractivity contribution in [3.05, 3.63) is 59.2 Å². The molecule has 92 valence electrons. The van der Waals surface area contributed by atoms with Gasteiger partial charge in [0.15, 0.2) is 5.78 Å². The van der Waals surface area contributed by atoms with Crippen LogP contribution >= 0.6 is 0 Å². The van der Waals surface area contributed by atoms with Gasteiger partial charge >= 0.3 is 0 Å². The predicted molar refractivity (Wildman–Crippen MR) is 69.3 cm³/mol. The second-order valence-corrected chi connectivity index (χ2v) is 4.08. The Morgan fingerprint density at radius 3 is 2.39 bits per heavy atom. The number of carbonyl (C=O) groups is 1. The van der Waals surface area contributed by atoms with Crippen molar-refractivity contribution in [2.45, 2.75) is 6.92 Å². The van der Waals surface area contributed by atoms with E-state index in [4.69, 9.17) is 4.74 Å². The van der Waals surface area contributed by atoms with Gasteiger partial charge in [-0.3, -0.25) is 4.79 Å². The van der Waals surface area contributed by atoms with Crippen LogP contribution in [0.4, 0.5) is 0 Å². The summed E-state index contributed by atoms with van der Waals surface area (Å²) in [5, 5.41) is 9.22. The smallest absolute Gasteiger partial charge is 0.196 e. The van der Waals surface area contributed by atoms with Crippen molar-refractivity contribution in [2.75, 3.05) is 7.11 Å². The molecule has 0 heterocycles. The maximum atomic E-state index is 12.3. The van der Waals surface area contributed by atoms with Gasteiger partial charge in [-0.25, -0.2) is 0 Å². The van der Waals surface area contributed by atoms with Crippen LogP contribution in [0.3, 0.4) is 0 Å². The minimum atomic E-state index is -0.115. The Morgan fingerprint density at radius 1 is 1.11 bits per heavy atom. The number of rotatable bonds is 3. The molecular weight excluding hydrogens is 228 g/mol.